The van der Waals surface area contributed by atoms with Crippen molar-refractivity contribution in [3.8, 4) is 0 Å². The Morgan fingerprint density at radius 1 is 1.28 bits per heavy atom. The standard InChI is InChI=1S/C19H17N3OS2/c1-11-6-3-4-7-14(11)22-18(23)16-12(2)21-19(24)13(10-20)17(16)15-8-5-9-25-15/h3-9,17,20H,1-2H3,(H,21,24)(H,22,23). The Hall–Kier alpha value is -2.53. The van der Waals surface area contributed by atoms with Gasteiger partial charge in [-0.05, 0) is 42.8 Å². The van der Waals surface area contributed by atoms with Gasteiger partial charge in [-0.2, -0.15) is 0 Å². The number of benzene rings is 1. The summed E-state index contributed by atoms with van der Waals surface area (Å²) in [6, 6.07) is 11.5. The third kappa shape index (κ3) is 3.33. The molecule has 3 rings (SSSR count). The van der Waals surface area contributed by atoms with E-state index in [1.807, 2.05) is 55.6 Å². The van der Waals surface area contributed by atoms with Crippen molar-refractivity contribution in [2.45, 2.75) is 19.8 Å². The first-order chi connectivity index (χ1) is 12.0. The molecule has 25 heavy (non-hydrogen) atoms. The molecule has 1 aromatic heterocycles. The van der Waals surface area contributed by atoms with Gasteiger partial charge in [-0.3, -0.25) is 10.2 Å². The second-order valence-electron chi connectivity index (χ2n) is 5.75. The predicted octanol–water partition coefficient (Wildman–Crippen LogP) is 4.16. The summed E-state index contributed by atoms with van der Waals surface area (Å²) in [5, 5.41) is 15.6. The number of aryl methyl sites for hydroxylation is 1. The molecule has 3 N–H and O–H groups in total. The Morgan fingerprint density at radius 3 is 2.68 bits per heavy atom. The second kappa shape index (κ2) is 7.15. The Bertz CT molecular complexity index is 922. The van der Waals surface area contributed by atoms with Crippen molar-refractivity contribution in [1.82, 2.24) is 5.32 Å². The van der Waals surface area contributed by atoms with E-state index in [9.17, 15) is 4.79 Å². The van der Waals surface area contributed by atoms with Crippen LogP contribution < -0.4 is 10.6 Å². The molecule has 1 amide bonds. The van der Waals surface area contributed by atoms with Crippen LogP contribution >= 0.6 is 23.6 Å². The smallest absolute Gasteiger partial charge is 0.254 e. The number of thiophene rings is 1. The fraction of sp³-hybridized carbons (Fsp3) is 0.158. The molecule has 0 saturated heterocycles. The highest BCUT2D eigenvalue weighted by Crippen LogP contribution is 2.38. The highest BCUT2D eigenvalue weighted by atomic mass is 32.1. The van der Waals surface area contributed by atoms with E-state index in [2.05, 4.69) is 16.5 Å². The van der Waals surface area contributed by atoms with E-state index in [0.29, 0.717) is 21.8 Å². The monoisotopic (exact) mass is 367 g/mol. The van der Waals surface area contributed by atoms with Crippen LogP contribution in [-0.4, -0.2) is 16.8 Å². The first-order valence-corrected chi connectivity index (χ1v) is 9.03. The lowest BCUT2D eigenvalue weighted by atomic mass is 9.85. The highest BCUT2D eigenvalue weighted by Gasteiger charge is 2.35. The third-order valence-electron chi connectivity index (χ3n) is 4.13. The van der Waals surface area contributed by atoms with Gasteiger partial charge >= 0.3 is 0 Å². The number of hydrogen-bond donors (Lipinski definition) is 3. The van der Waals surface area contributed by atoms with E-state index < -0.39 is 0 Å². The van der Waals surface area contributed by atoms with E-state index >= 15 is 0 Å². The van der Waals surface area contributed by atoms with Crippen molar-refractivity contribution >= 4 is 46.0 Å². The number of allylic oxidation sites excluding steroid dienone is 1. The molecule has 0 spiro atoms. The molecule has 126 valence electrons. The molecule has 4 nitrogen and oxygen atoms in total. The fourth-order valence-electron chi connectivity index (χ4n) is 2.87. The van der Waals surface area contributed by atoms with E-state index in [1.165, 1.54) is 11.3 Å². The number of thiocarbonyl (C=S) groups is 1. The first kappa shape index (κ1) is 17.3. The van der Waals surface area contributed by atoms with Crippen molar-refractivity contribution in [2.24, 2.45) is 0 Å². The number of nitrogens with one attached hydrogen (secondary N) is 3. The van der Waals surface area contributed by atoms with Crippen molar-refractivity contribution in [2.75, 3.05) is 5.32 Å². The molecule has 0 bridgehead atoms. The maximum Gasteiger partial charge on any atom is 0.254 e. The Morgan fingerprint density at radius 2 is 2.04 bits per heavy atom. The number of para-hydroxylation sites is 1. The van der Waals surface area contributed by atoms with Crippen LogP contribution in [0, 0.1) is 12.3 Å². The zero-order valence-corrected chi connectivity index (χ0v) is 15.5. The van der Waals surface area contributed by atoms with E-state index in [0.717, 1.165) is 16.1 Å². The van der Waals surface area contributed by atoms with Gasteiger partial charge in [0.25, 0.3) is 5.91 Å². The molecule has 0 fully saturated rings. The van der Waals surface area contributed by atoms with Crippen LogP contribution in [0.5, 0.6) is 0 Å². The number of amides is 1. The Balaban J connectivity index is 2.06. The van der Waals surface area contributed by atoms with Gasteiger partial charge in [-0.15, -0.1) is 11.3 Å². The molecule has 6 heteroatoms. The molecule has 0 aliphatic carbocycles. The molecule has 1 atom stereocenters. The van der Waals surface area contributed by atoms with Gasteiger partial charge in [0.15, 0.2) is 0 Å². The minimum absolute atomic E-state index is 0.201. The van der Waals surface area contributed by atoms with Crippen molar-refractivity contribution in [3.63, 3.8) is 0 Å². The number of carbonyl (C=O) groups is 1. The van der Waals surface area contributed by atoms with Crippen LogP contribution in [0.1, 0.15) is 23.3 Å². The molecule has 1 unspecified atom stereocenters. The minimum Gasteiger partial charge on any atom is -0.349 e. The van der Waals surface area contributed by atoms with Crippen LogP contribution in [-0.2, 0) is 4.79 Å². The summed E-state index contributed by atoms with van der Waals surface area (Å²) in [4.78, 5) is 14.5. The van der Waals surface area contributed by atoms with Gasteiger partial charge in [0, 0.05) is 21.8 Å². The third-order valence-corrected chi connectivity index (χ3v) is 5.39. The largest absolute Gasteiger partial charge is 0.349 e. The van der Waals surface area contributed by atoms with Crippen LogP contribution in [0.15, 0.2) is 58.6 Å². The molecule has 0 radical (unpaired) electrons. The van der Waals surface area contributed by atoms with Gasteiger partial charge in [0.1, 0.15) is 4.99 Å². The van der Waals surface area contributed by atoms with Crippen molar-refractivity contribution in [3.05, 3.63) is 69.1 Å². The lowest BCUT2D eigenvalue weighted by Gasteiger charge is -2.29. The van der Waals surface area contributed by atoms with Gasteiger partial charge in [0.05, 0.1) is 11.5 Å². The maximum absolute atomic E-state index is 13.1. The van der Waals surface area contributed by atoms with Crippen molar-refractivity contribution < 1.29 is 4.79 Å². The lowest BCUT2D eigenvalue weighted by Crippen LogP contribution is -2.36. The summed E-state index contributed by atoms with van der Waals surface area (Å²) in [5.41, 5.74) is 3.54. The highest BCUT2D eigenvalue weighted by molar-refractivity contribution is 7.80. The molecule has 2 heterocycles. The summed E-state index contributed by atoms with van der Waals surface area (Å²) in [7, 11) is 0. The summed E-state index contributed by atoms with van der Waals surface area (Å²) in [5.74, 6) is 1.85. The molecular formula is C19H17N3OS2. The van der Waals surface area contributed by atoms with Crippen molar-refractivity contribution in [1.29, 1.82) is 5.41 Å². The zero-order valence-electron chi connectivity index (χ0n) is 13.8. The Kier molecular flexibility index (Phi) is 4.95. The summed E-state index contributed by atoms with van der Waals surface area (Å²) < 4.78 is 0. The molecule has 1 aromatic carbocycles. The van der Waals surface area contributed by atoms with Crippen LogP contribution in [0.25, 0.3) is 0 Å². The van der Waals surface area contributed by atoms with Gasteiger partial charge in [-0.25, -0.2) is 0 Å². The van der Waals surface area contributed by atoms with E-state index in [4.69, 9.17) is 17.6 Å². The molecule has 1 aliphatic rings. The zero-order chi connectivity index (χ0) is 18.0. The van der Waals surface area contributed by atoms with Gasteiger partial charge < -0.3 is 10.6 Å². The Labute approximate surface area is 155 Å². The lowest BCUT2D eigenvalue weighted by molar-refractivity contribution is -0.113. The maximum atomic E-state index is 13.1. The van der Waals surface area contributed by atoms with Gasteiger partial charge in [-0.1, -0.05) is 36.5 Å². The van der Waals surface area contributed by atoms with Crippen LogP contribution in [0.2, 0.25) is 0 Å². The second-order valence-corrected chi connectivity index (χ2v) is 7.14. The minimum atomic E-state index is -0.379. The quantitative estimate of drug-likeness (QED) is 0.434. The fourth-order valence-corrected chi connectivity index (χ4v) is 4.04. The molecule has 1 aliphatic heterocycles. The molecule has 0 saturated carbocycles. The normalized spacial score (nSPS) is 17.1. The number of carbonyl (C=O) groups excluding carboxylic acids is 1. The SMILES string of the molecule is CC1=C(C(=O)Nc2ccccc2C)C(c2cccs2)C(=C=N)C(=S)N1. The average Bonchev–Trinajstić information content (AvgIpc) is 3.10. The number of rotatable bonds is 3. The molecule has 2 aromatic rings. The summed E-state index contributed by atoms with van der Waals surface area (Å²) in [6.45, 7) is 3.78. The van der Waals surface area contributed by atoms with E-state index in [1.54, 1.807) is 0 Å². The summed E-state index contributed by atoms with van der Waals surface area (Å²) in [6.07, 6.45) is 0. The summed E-state index contributed by atoms with van der Waals surface area (Å²) >= 11 is 6.89. The average molecular weight is 367 g/mol. The van der Waals surface area contributed by atoms with Gasteiger partial charge in [0.2, 0.25) is 0 Å². The number of anilines is 1. The molecular weight excluding hydrogens is 350 g/mol. The van der Waals surface area contributed by atoms with Crippen LogP contribution in [0.4, 0.5) is 5.69 Å². The topological polar surface area (TPSA) is 65.0 Å². The van der Waals surface area contributed by atoms with Crippen LogP contribution in [0.3, 0.4) is 0 Å². The predicted molar refractivity (Wildman–Crippen MR) is 107 cm³/mol. The first-order valence-electron chi connectivity index (χ1n) is 7.75. The van der Waals surface area contributed by atoms with E-state index in [-0.39, 0.29) is 11.8 Å². The number of hydrogen-bond acceptors (Lipinski definition) is 4.